The third-order valence-electron chi connectivity index (χ3n) is 5.10. The van der Waals surface area contributed by atoms with Crippen molar-refractivity contribution in [1.82, 2.24) is 14.9 Å². The van der Waals surface area contributed by atoms with Gasteiger partial charge in [-0.25, -0.2) is 4.98 Å². The maximum Gasteiger partial charge on any atom is 0.232 e. The minimum atomic E-state index is -0.108. The number of hydrogen-bond donors (Lipinski definition) is 1. The zero-order chi connectivity index (χ0) is 17.9. The predicted octanol–water partition coefficient (Wildman–Crippen LogP) is 3.72. The second kappa shape index (κ2) is 7.60. The van der Waals surface area contributed by atoms with E-state index < -0.39 is 0 Å². The van der Waals surface area contributed by atoms with E-state index in [9.17, 15) is 4.79 Å². The third kappa shape index (κ3) is 3.27. The molecular weight excluding hydrogens is 346 g/mol. The van der Waals surface area contributed by atoms with Crippen molar-refractivity contribution in [3.05, 3.63) is 52.1 Å². The van der Waals surface area contributed by atoms with Crippen molar-refractivity contribution in [3.63, 3.8) is 0 Å². The average molecular weight is 369 g/mol. The molecule has 3 aromatic rings. The molecule has 1 aliphatic rings. The van der Waals surface area contributed by atoms with Crippen LogP contribution in [0.25, 0.3) is 10.9 Å². The predicted molar refractivity (Wildman–Crippen MR) is 103 cm³/mol. The summed E-state index contributed by atoms with van der Waals surface area (Å²) in [5.41, 5.74) is 3.54. The van der Waals surface area contributed by atoms with Gasteiger partial charge in [-0.2, -0.15) is 0 Å². The van der Waals surface area contributed by atoms with Crippen molar-refractivity contribution >= 4 is 28.1 Å². The molecule has 0 spiro atoms. The molecule has 1 unspecified atom stereocenters. The number of carbonyl (C=O) groups excluding carboxylic acids is 1. The molecular formula is C20H23N3O2S. The Hall–Kier alpha value is -2.18. The molecule has 0 saturated heterocycles. The standard InChI is InChI=1S/C20H23N3O2S/c1-25-11-10-23(13-18-21-9-12-26-18)20(24)16-7-4-6-15-14-5-2-3-8-17(14)22-19(15)16/h2-3,5,8-9,12,16,22H,4,6-7,10-11,13H2,1H3. The molecule has 0 radical (unpaired) electrons. The zero-order valence-corrected chi connectivity index (χ0v) is 15.7. The van der Waals surface area contributed by atoms with Crippen LogP contribution >= 0.6 is 11.3 Å². The summed E-state index contributed by atoms with van der Waals surface area (Å²) in [6.45, 7) is 1.66. The van der Waals surface area contributed by atoms with E-state index in [4.69, 9.17) is 4.74 Å². The van der Waals surface area contributed by atoms with Gasteiger partial charge in [0.2, 0.25) is 5.91 Å². The first-order valence-electron chi connectivity index (χ1n) is 9.03. The highest BCUT2D eigenvalue weighted by atomic mass is 32.1. The van der Waals surface area contributed by atoms with Crippen molar-refractivity contribution < 1.29 is 9.53 Å². The minimum Gasteiger partial charge on any atom is -0.383 e. The molecule has 1 N–H and O–H groups in total. The maximum absolute atomic E-state index is 13.4. The van der Waals surface area contributed by atoms with E-state index in [1.165, 1.54) is 10.9 Å². The number of ether oxygens (including phenoxy) is 1. The molecule has 6 heteroatoms. The summed E-state index contributed by atoms with van der Waals surface area (Å²) in [7, 11) is 1.67. The van der Waals surface area contributed by atoms with Crippen molar-refractivity contribution in [1.29, 1.82) is 0 Å². The largest absolute Gasteiger partial charge is 0.383 e. The maximum atomic E-state index is 13.4. The van der Waals surface area contributed by atoms with Gasteiger partial charge in [0.05, 0.1) is 19.1 Å². The Bertz CT molecular complexity index is 888. The average Bonchev–Trinajstić information content (AvgIpc) is 3.31. The highest BCUT2D eigenvalue weighted by molar-refractivity contribution is 7.09. The molecule has 1 atom stereocenters. The number of hydrogen-bond acceptors (Lipinski definition) is 4. The van der Waals surface area contributed by atoms with Gasteiger partial charge >= 0.3 is 0 Å². The smallest absolute Gasteiger partial charge is 0.232 e. The highest BCUT2D eigenvalue weighted by Crippen LogP contribution is 2.37. The molecule has 5 nitrogen and oxygen atoms in total. The Balaban J connectivity index is 1.64. The molecule has 4 rings (SSSR count). The summed E-state index contributed by atoms with van der Waals surface area (Å²) >= 11 is 1.58. The first kappa shape index (κ1) is 17.2. The molecule has 0 saturated carbocycles. The van der Waals surface area contributed by atoms with Gasteiger partial charge in [-0.05, 0) is 30.9 Å². The van der Waals surface area contributed by atoms with Crippen LogP contribution in [0.1, 0.15) is 35.0 Å². The van der Waals surface area contributed by atoms with Gasteiger partial charge in [-0.3, -0.25) is 4.79 Å². The number of aromatic nitrogens is 2. The SMILES string of the molecule is COCCN(Cc1nccs1)C(=O)C1CCCc2c1[nH]c1ccccc21. The number of para-hydroxylation sites is 1. The molecule has 136 valence electrons. The van der Waals surface area contributed by atoms with Crippen LogP contribution in [0.4, 0.5) is 0 Å². The van der Waals surface area contributed by atoms with Crippen LogP contribution < -0.4 is 0 Å². The van der Waals surface area contributed by atoms with E-state index in [2.05, 4.69) is 28.2 Å². The molecule has 26 heavy (non-hydrogen) atoms. The summed E-state index contributed by atoms with van der Waals surface area (Å²) in [4.78, 5) is 23.2. The van der Waals surface area contributed by atoms with Crippen molar-refractivity contribution in [2.75, 3.05) is 20.3 Å². The number of aryl methyl sites for hydroxylation is 1. The van der Waals surface area contributed by atoms with Gasteiger partial charge in [0.25, 0.3) is 0 Å². The van der Waals surface area contributed by atoms with Gasteiger partial charge < -0.3 is 14.6 Å². The van der Waals surface area contributed by atoms with Crippen molar-refractivity contribution in [3.8, 4) is 0 Å². The van der Waals surface area contributed by atoms with Gasteiger partial charge in [0.15, 0.2) is 0 Å². The van der Waals surface area contributed by atoms with E-state index in [0.29, 0.717) is 19.7 Å². The van der Waals surface area contributed by atoms with E-state index in [1.54, 1.807) is 24.6 Å². The fourth-order valence-electron chi connectivity index (χ4n) is 3.85. The number of amides is 1. The lowest BCUT2D eigenvalue weighted by Crippen LogP contribution is -2.38. The number of benzene rings is 1. The van der Waals surface area contributed by atoms with Crippen LogP contribution in [-0.2, 0) is 22.5 Å². The topological polar surface area (TPSA) is 58.2 Å². The normalized spacial score (nSPS) is 16.6. The van der Waals surface area contributed by atoms with Crippen LogP contribution in [-0.4, -0.2) is 41.0 Å². The van der Waals surface area contributed by atoms with Crippen LogP contribution in [0.2, 0.25) is 0 Å². The van der Waals surface area contributed by atoms with Gasteiger partial charge in [0, 0.05) is 41.8 Å². The summed E-state index contributed by atoms with van der Waals surface area (Å²) in [6, 6.07) is 8.34. The molecule has 1 aliphatic carbocycles. The summed E-state index contributed by atoms with van der Waals surface area (Å²) in [5, 5.41) is 4.16. The Morgan fingerprint density at radius 2 is 2.31 bits per heavy atom. The molecule has 1 aromatic carbocycles. The molecule has 0 aliphatic heterocycles. The lowest BCUT2D eigenvalue weighted by molar-refractivity contribution is -0.134. The number of H-pyrrole nitrogens is 1. The van der Waals surface area contributed by atoms with E-state index >= 15 is 0 Å². The first-order chi connectivity index (χ1) is 12.8. The lowest BCUT2D eigenvalue weighted by Gasteiger charge is -2.29. The number of aromatic amines is 1. The van der Waals surface area contributed by atoms with Crippen LogP contribution in [0.3, 0.4) is 0 Å². The van der Waals surface area contributed by atoms with Crippen molar-refractivity contribution in [2.45, 2.75) is 31.7 Å². The molecule has 1 amide bonds. The van der Waals surface area contributed by atoms with Crippen LogP contribution in [0.5, 0.6) is 0 Å². The number of carbonyl (C=O) groups is 1. The number of nitrogens with zero attached hydrogens (tertiary/aromatic N) is 2. The lowest BCUT2D eigenvalue weighted by atomic mass is 9.86. The Labute approximate surface area is 157 Å². The summed E-state index contributed by atoms with van der Waals surface area (Å²) in [6.07, 6.45) is 4.75. The molecule has 2 aromatic heterocycles. The van der Waals surface area contributed by atoms with E-state index in [-0.39, 0.29) is 11.8 Å². The summed E-state index contributed by atoms with van der Waals surface area (Å²) in [5.74, 6) is 0.0627. The first-order valence-corrected chi connectivity index (χ1v) is 9.91. The number of thiazole rings is 1. The van der Waals surface area contributed by atoms with Gasteiger partial charge in [-0.1, -0.05) is 18.2 Å². The van der Waals surface area contributed by atoms with Crippen LogP contribution in [0, 0.1) is 0 Å². The fraction of sp³-hybridized carbons (Fsp3) is 0.400. The monoisotopic (exact) mass is 369 g/mol. The third-order valence-corrected chi connectivity index (χ3v) is 5.86. The van der Waals surface area contributed by atoms with E-state index in [0.717, 1.165) is 35.5 Å². The summed E-state index contributed by atoms with van der Waals surface area (Å²) < 4.78 is 5.23. The van der Waals surface area contributed by atoms with Crippen molar-refractivity contribution in [2.24, 2.45) is 0 Å². The van der Waals surface area contributed by atoms with Crippen LogP contribution in [0.15, 0.2) is 35.8 Å². The highest BCUT2D eigenvalue weighted by Gasteiger charge is 2.32. The van der Waals surface area contributed by atoms with Gasteiger partial charge in [-0.15, -0.1) is 11.3 Å². The second-order valence-electron chi connectivity index (χ2n) is 6.69. The number of rotatable bonds is 6. The number of methoxy groups -OCH3 is 1. The molecule has 2 heterocycles. The number of nitrogens with one attached hydrogen (secondary N) is 1. The number of fused-ring (bicyclic) bond motifs is 3. The molecule has 0 fully saturated rings. The Morgan fingerprint density at radius 3 is 3.12 bits per heavy atom. The second-order valence-corrected chi connectivity index (χ2v) is 7.67. The minimum absolute atomic E-state index is 0.108. The quantitative estimate of drug-likeness (QED) is 0.720. The van der Waals surface area contributed by atoms with E-state index in [1.807, 2.05) is 16.3 Å². The molecule has 0 bridgehead atoms. The Morgan fingerprint density at radius 1 is 1.42 bits per heavy atom. The Kier molecular flexibility index (Phi) is 5.04. The van der Waals surface area contributed by atoms with Gasteiger partial charge in [0.1, 0.15) is 5.01 Å². The fourth-order valence-corrected chi connectivity index (χ4v) is 4.48. The zero-order valence-electron chi connectivity index (χ0n) is 14.9.